The molecule has 0 saturated heterocycles. The van der Waals surface area contributed by atoms with Crippen molar-refractivity contribution in [1.29, 1.82) is 5.41 Å². The molecule has 0 heterocycles. The SMILES string of the molecule is CC(=O)Nc1cccc(C(Nc2ccc(C(=N)N)cc2)C(=O)O)c1.CC(=O)O. The van der Waals surface area contributed by atoms with Crippen LogP contribution in [0.1, 0.15) is 31.0 Å². The first-order chi connectivity index (χ1) is 13.1. The Kier molecular flexibility index (Phi) is 8.16. The molecular weight excluding hydrogens is 364 g/mol. The second kappa shape index (κ2) is 10.3. The molecule has 1 amide bonds. The Labute approximate surface area is 161 Å². The van der Waals surface area contributed by atoms with Crippen molar-refractivity contribution >= 4 is 35.1 Å². The quantitative estimate of drug-likeness (QED) is 0.327. The number of amides is 1. The Morgan fingerprint density at radius 1 is 1.00 bits per heavy atom. The number of amidine groups is 1. The minimum atomic E-state index is -1.05. The average molecular weight is 386 g/mol. The summed E-state index contributed by atoms with van der Waals surface area (Å²) in [5, 5.41) is 29.8. The fraction of sp³-hybridized carbons (Fsp3) is 0.158. The van der Waals surface area contributed by atoms with Crippen molar-refractivity contribution in [3.8, 4) is 0 Å². The number of nitrogen functional groups attached to an aromatic ring is 1. The topological polar surface area (TPSA) is 166 Å². The zero-order valence-corrected chi connectivity index (χ0v) is 15.4. The van der Waals surface area contributed by atoms with Gasteiger partial charge in [0, 0.05) is 30.8 Å². The van der Waals surface area contributed by atoms with Crippen LogP contribution in [-0.4, -0.2) is 33.9 Å². The lowest BCUT2D eigenvalue weighted by Gasteiger charge is -2.17. The Hall–Kier alpha value is -3.88. The van der Waals surface area contributed by atoms with E-state index in [2.05, 4.69) is 10.6 Å². The van der Waals surface area contributed by atoms with E-state index >= 15 is 0 Å². The molecule has 0 saturated carbocycles. The van der Waals surface area contributed by atoms with Gasteiger partial charge in [-0.3, -0.25) is 15.0 Å². The van der Waals surface area contributed by atoms with Crippen molar-refractivity contribution < 1.29 is 24.6 Å². The number of carboxylic acid groups (broad SMARTS) is 2. The molecule has 2 aromatic carbocycles. The largest absolute Gasteiger partial charge is 0.481 e. The second-order valence-corrected chi connectivity index (χ2v) is 5.73. The van der Waals surface area contributed by atoms with Crippen LogP contribution < -0.4 is 16.4 Å². The lowest BCUT2D eigenvalue weighted by atomic mass is 10.1. The molecule has 0 bridgehead atoms. The molecule has 0 spiro atoms. The number of carbonyl (C=O) groups is 3. The molecule has 1 atom stereocenters. The molecular formula is C19H22N4O5. The van der Waals surface area contributed by atoms with E-state index in [1.54, 1.807) is 48.5 Å². The minimum absolute atomic E-state index is 0.0562. The molecule has 9 nitrogen and oxygen atoms in total. The van der Waals surface area contributed by atoms with Gasteiger partial charge in [0.2, 0.25) is 5.91 Å². The number of carbonyl (C=O) groups excluding carboxylic acids is 1. The summed E-state index contributed by atoms with van der Waals surface area (Å²) in [7, 11) is 0. The van der Waals surface area contributed by atoms with Gasteiger partial charge < -0.3 is 26.6 Å². The summed E-state index contributed by atoms with van der Waals surface area (Å²) in [6.45, 7) is 2.47. The number of nitrogens with two attached hydrogens (primary N) is 1. The normalized spacial score (nSPS) is 10.6. The molecule has 2 rings (SSSR count). The highest BCUT2D eigenvalue weighted by molar-refractivity contribution is 5.95. The van der Waals surface area contributed by atoms with Crippen molar-refractivity contribution in [3.63, 3.8) is 0 Å². The number of rotatable bonds is 6. The van der Waals surface area contributed by atoms with Gasteiger partial charge >= 0.3 is 5.97 Å². The fourth-order valence-corrected chi connectivity index (χ4v) is 2.20. The third-order valence-corrected chi connectivity index (χ3v) is 3.29. The van der Waals surface area contributed by atoms with E-state index in [4.69, 9.17) is 21.0 Å². The molecule has 148 valence electrons. The highest BCUT2D eigenvalue weighted by atomic mass is 16.4. The monoisotopic (exact) mass is 386 g/mol. The van der Waals surface area contributed by atoms with Crippen molar-refractivity contribution in [2.45, 2.75) is 19.9 Å². The molecule has 0 aliphatic rings. The predicted octanol–water partition coefficient (Wildman–Crippen LogP) is 2.26. The van der Waals surface area contributed by atoms with E-state index in [9.17, 15) is 14.7 Å². The van der Waals surface area contributed by atoms with E-state index in [-0.39, 0.29) is 11.7 Å². The van der Waals surface area contributed by atoms with Gasteiger partial charge in [0.1, 0.15) is 5.84 Å². The van der Waals surface area contributed by atoms with Crippen LogP contribution in [0.2, 0.25) is 0 Å². The van der Waals surface area contributed by atoms with Crippen molar-refractivity contribution in [1.82, 2.24) is 0 Å². The van der Waals surface area contributed by atoms with Crippen LogP contribution in [0.4, 0.5) is 11.4 Å². The first-order valence-corrected chi connectivity index (χ1v) is 8.11. The molecule has 0 aromatic heterocycles. The molecule has 1 unspecified atom stereocenters. The van der Waals surface area contributed by atoms with Crippen LogP contribution in [0.15, 0.2) is 48.5 Å². The maximum absolute atomic E-state index is 11.6. The minimum Gasteiger partial charge on any atom is -0.481 e. The van der Waals surface area contributed by atoms with Crippen molar-refractivity contribution in [3.05, 3.63) is 59.7 Å². The predicted molar refractivity (Wildman–Crippen MR) is 106 cm³/mol. The number of hydrogen-bond acceptors (Lipinski definition) is 5. The Morgan fingerprint density at radius 2 is 1.57 bits per heavy atom. The molecule has 0 aliphatic heterocycles. The van der Waals surface area contributed by atoms with Gasteiger partial charge in [-0.25, -0.2) is 4.79 Å². The van der Waals surface area contributed by atoms with Crippen LogP contribution in [0.25, 0.3) is 0 Å². The Balaban J connectivity index is 0.000000892. The molecule has 28 heavy (non-hydrogen) atoms. The fourth-order valence-electron chi connectivity index (χ4n) is 2.20. The van der Waals surface area contributed by atoms with Crippen LogP contribution in [-0.2, 0) is 14.4 Å². The van der Waals surface area contributed by atoms with Gasteiger partial charge in [-0.2, -0.15) is 0 Å². The average Bonchev–Trinajstić information content (AvgIpc) is 2.59. The number of nitrogens with one attached hydrogen (secondary N) is 3. The van der Waals surface area contributed by atoms with E-state index in [0.29, 0.717) is 22.5 Å². The van der Waals surface area contributed by atoms with Crippen molar-refractivity contribution in [2.24, 2.45) is 5.73 Å². The number of hydrogen-bond donors (Lipinski definition) is 6. The van der Waals surface area contributed by atoms with Crippen LogP contribution in [0.3, 0.4) is 0 Å². The van der Waals surface area contributed by atoms with E-state index in [0.717, 1.165) is 6.92 Å². The zero-order valence-electron chi connectivity index (χ0n) is 15.4. The lowest BCUT2D eigenvalue weighted by molar-refractivity contribution is -0.138. The van der Waals surface area contributed by atoms with Gasteiger partial charge in [-0.15, -0.1) is 0 Å². The standard InChI is InChI=1S/C17H18N4O3.C2H4O2/c1-10(22)20-14-4-2-3-12(9-14)15(17(23)24)21-13-7-5-11(6-8-13)16(18)19;1-2(3)4/h2-9,15,21H,1H3,(H3,18,19)(H,20,22)(H,23,24);1H3,(H,3,4). The number of carboxylic acids is 2. The first-order valence-electron chi connectivity index (χ1n) is 8.11. The number of anilines is 2. The summed E-state index contributed by atoms with van der Waals surface area (Å²) in [6, 6.07) is 12.2. The smallest absolute Gasteiger partial charge is 0.330 e. The molecule has 0 aliphatic carbocycles. The van der Waals surface area contributed by atoms with Gasteiger partial charge in [-0.1, -0.05) is 12.1 Å². The highest BCUT2D eigenvalue weighted by Gasteiger charge is 2.20. The Morgan fingerprint density at radius 3 is 2.04 bits per heavy atom. The summed E-state index contributed by atoms with van der Waals surface area (Å²) in [4.78, 5) is 31.7. The van der Waals surface area contributed by atoms with Crippen LogP contribution >= 0.6 is 0 Å². The number of aliphatic carboxylic acids is 2. The van der Waals surface area contributed by atoms with Gasteiger partial charge in [0.15, 0.2) is 6.04 Å². The summed E-state index contributed by atoms with van der Waals surface area (Å²) in [6.07, 6.45) is 0. The maximum Gasteiger partial charge on any atom is 0.330 e. The summed E-state index contributed by atoms with van der Waals surface area (Å²) in [5.41, 5.74) is 7.56. The van der Waals surface area contributed by atoms with Gasteiger partial charge in [-0.05, 0) is 42.0 Å². The summed E-state index contributed by atoms with van der Waals surface area (Å²) < 4.78 is 0. The summed E-state index contributed by atoms with van der Waals surface area (Å²) in [5.74, 6) is -2.17. The van der Waals surface area contributed by atoms with Crippen molar-refractivity contribution in [2.75, 3.05) is 10.6 Å². The van der Waals surface area contributed by atoms with Gasteiger partial charge in [0.05, 0.1) is 0 Å². The Bertz CT molecular complexity index is 861. The first kappa shape index (κ1) is 22.2. The van der Waals surface area contributed by atoms with Crippen LogP contribution in [0.5, 0.6) is 0 Å². The maximum atomic E-state index is 11.6. The molecule has 0 fully saturated rings. The zero-order chi connectivity index (χ0) is 21.3. The molecule has 0 radical (unpaired) electrons. The highest BCUT2D eigenvalue weighted by Crippen LogP contribution is 2.23. The molecule has 7 N–H and O–H groups in total. The third-order valence-electron chi connectivity index (χ3n) is 3.29. The summed E-state index contributed by atoms with van der Waals surface area (Å²) >= 11 is 0. The van der Waals surface area contributed by atoms with E-state index < -0.39 is 18.0 Å². The lowest BCUT2D eigenvalue weighted by Crippen LogP contribution is -2.21. The van der Waals surface area contributed by atoms with E-state index in [1.165, 1.54) is 6.92 Å². The molecule has 9 heteroatoms. The third kappa shape index (κ3) is 7.56. The molecule has 2 aromatic rings. The van der Waals surface area contributed by atoms with Crippen LogP contribution in [0, 0.1) is 5.41 Å². The number of benzene rings is 2. The second-order valence-electron chi connectivity index (χ2n) is 5.73. The van der Waals surface area contributed by atoms with Gasteiger partial charge in [0.25, 0.3) is 5.97 Å². The van der Waals surface area contributed by atoms with E-state index in [1.807, 2.05) is 0 Å².